The summed E-state index contributed by atoms with van der Waals surface area (Å²) in [5.41, 5.74) is 15.3. The summed E-state index contributed by atoms with van der Waals surface area (Å²) in [7, 11) is 4.38. The molecule has 60 heavy (non-hydrogen) atoms. The molecule has 6 aliphatic carbocycles. The van der Waals surface area contributed by atoms with Crippen LogP contribution >= 0.6 is 0 Å². The minimum Gasteiger partial charge on any atom is -0.336 e. The number of benzene rings is 2. The van der Waals surface area contributed by atoms with Crippen LogP contribution in [-0.4, -0.2) is 84.3 Å². The third kappa shape index (κ3) is 7.39. The van der Waals surface area contributed by atoms with E-state index in [1.807, 2.05) is 28.4 Å². The zero-order chi connectivity index (χ0) is 42.0. The lowest BCUT2D eigenvalue weighted by Crippen LogP contribution is -2.58. The zero-order valence-corrected chi connectivity index (χ0v) is 36.0. The lowest BCUT2D eigenvalue weighted by atomic mass is 9.56. The van der Waals surface area contributed by atoms with Crippen molar-refractivity contribution in [3.05, 3.63) is 105 Å². The van der Waals surface area contributed by atoms with Gasteiger partial charge in [0, 0.05) is 35.0 Å². The van der Waals surface area contributed by atoms with Gasteiger partial charge >= 0.3 is 0 Å². The maximum atomic E-state index is 13.8. The van der Waals surface area contributed by atoms with Gasteiger partial charge in [0.1, 0.15) is 11.6 Å². The van der Waals surface area contributed by atoms with Crippen molar-refractivity contribution in [2.75, 3.05) is 27.2 Å². The van der Waals surface area contributed by atoms with Gasteiger partial charge in [-0.3, -0.25) is 19.0 Å². The summed E-state index contributed by atoms with van der Waals surface area (Å²) in [4.78, 5) is 33.9. The largest absolute Gasteiger partial charge is 0.336 e. The molecular weight excluding hydrogens is 759 g/mol. The fraction of sp³-hybridized carbons (Fsp3) is 0.583. The van der Waals surface area contributed by atoms with Crippen LogP contribution in [0.5, 0.6) is 0 Å². The highest BCUT2D eigenvalue weighted by molar-refractivity contribution is 5.84. The third-order valence-corrected chi connectivity index (χ3v) is 16.1. The molecular formula is C48H62F2N8O2. The van der Waals surface area contributed by atoms with Crippen molar-refractivity contribution < 1.29 is 18.4 Å². The Bertz CT molecular complexity index is 2210. The van der Waals surface area contributed by atoms with Gasteiger partial charge in [-0.05, 0) is 164 Å². The minimum absolute atomic E-state index is 0.0258. The number of halogens is 2. The molecule has 8 aliphatic rings. The van der Waals surface area contributed by atoms with Crippen LogP contribution in [0.2, 0.25) is 0 Å². The van der Waals surface area contributed by atoms with Crippen LogP contribution in [0.4, 0.5) is 8.78 Å². The van der Waals surface area contributed by atoms with E-state index >= 15 is 0 Å². The van der Waals surface area contributed by atoms with Crippen LogP contribution in [0.3, 0.4) is 0 Å². The number of aromatic nitrogens is 4. The fourth-order valence-electron chi connectivity index (χ4n) is 11.8. The maximum absolute atomic E-state index is 13.8. The van der Waals surface area contributed by atoms with Gasteiger partial charge in [0.25, 0.3) is 0 Å². The number of fused-ring (bicyclic) bond motifs is 8. The summed E-state index contributed by atoms with van der Waals surface area (Å²) in [5.74, 6) is 0.219. The van der Waals surface area contributed by atoms with E-state index in [1.165, 1.54) is 35.4 Å². The van der Waals surface area contributed by atoms with E-state index in [4.69, 9.17) is 15.9 Å². The number of carbonyl (C=O) groups excluding carboxylic acids is 2. The van der Waals surface area contributed by atoms with E-state index in [2.05, 4.69) is 35.7 Å². The second-order valence-electron chi connectivity index (χ2n) is 19.6. The normalized spacial score (nSPS) is 28.0. The Hall–Kier alpha value is -4.42. The summed E-state index contributed by atoms with van der Waals surface area (Å²) in [6, 6.07) is 13.2. The number of amides is 2. The minimum atomic E-state index is -0.232. The Morgan fingerprint density at radius 1 is 0.617 bits per heavy atom. The summed E-state index contributed by atoms with van der Waals surface area (Å²) < 4.78 is 30.6. The molecule has 2 N–H and O–H groups in total. The molecule has 2 aliphatic heterocycles. The van der Waals surface area contributed by atoms with E-state index in [1.54, 1.807) is 12.1 Å². The maximum Gasteiger partial charge on any atom is 0.229 e. The van der Waals surface area contributed by atoms with E-state index in [0.29, 0.717) is 43.5 Å². The summed E-state index contributed by atoms with van der Waals surface area (Å²) in [6.07, 6.45) is 13.9. The molecule has 12 rings (SSSR count). The van der Waals surface area contributed by atoms with E-state index in [-0.39, 0.29) is 28.0 Å². The van der Waals surface area contributed by atoms with Gasteiger partial charge in [0.15, 0.2) is 0 Å². The summed E-state index contributed by atoms with van der Waals surface area (Å²) in [6.45, 7) is 8.11. The van der Waals surface area contributed by atoms with Gasteiger partial charge in [0.2, 0.25) is 11.8 Å². The number of hydrogen-bond donors (Lipinski definition) is 1. The Balaban J connectivity index is 0.000000154. The monoisotopic (exact) mass is 820 g/mol. The molecule has 6 saturated carbocycles. The second kappa shape index (κ2) is 15.5. The first-order valence-electron chi connectivity index (χ1n) is 22.3. The number of rotatable bonds is 7. The van der Waals surface area contributed by atoms with Crippen LogP contribution in [0.1, 0.15) is 122 Å². The van der Waals surface area contributed by atoms with Crippen molar-refractivity contribution in [2.24, 2.45) is 16.6 Å². The van der Waals surface area contributed by atoms with E-state index in [0.717, 1.165) is 137 Å². The molecule has 2 aromatic heterocycles. The van der Waals surface area contributed by atoms with Crippen LogP contribution in [-0.2, 0) is 48.6 Å². The van der Waals surface area contributed by atoms with Gasteiger partial charge in [0.05, 0.1) is 49.0 Å². The van der Waals surface area contributed by atoms with Gasteiger partial charge in [-0.2, -0.15) is 10.2 Å². The topological polar surface area (TPSA) is 106 Å². The van der Waals surface area contributed by atoms with E-state index < -0.39 is 0 Å². The van der Waals surface area contributed by atoms with Crippen molar-refractivity contribution in [2.45, 2.75) is 141 Å². The first-order chi connectivity index (χ1) is 28.7. The van der Waals surface area contributed by atoms with Crippen molar-refractivity contribution in [1.82, 2.24) is 34.3 Å². The highest BCUT2D eigenvalue weighted by Gasteiger charge is 2.55. The third-order valence-electron chi connectivity index (χ3n) is 16.1. The number of aryl methyl sites for hydroxylation is 2. The second-order valence-corrected chi connectivity index (χ2v) is 19.6. The van der Waals surface area contributed by atoms with Crippen LogP contribution in [0, 0.1) is 36.3 Å². The Labute approximate surface area is 353 Å². The Kier molecular flexibility index (Phi) is 10.6. The van der Waals surface area contributed by atoms with Crippen LogP contribution in [0.25, 0.3) is 0 Å². The molecule has 4 heterocycles. The van der Waals surface area contributed by atoms with Gasteiger partial charge in [-0.25, -0.2) is 8.78 Å². The molecule has 0 saturated heterocycles. The molecule has 12 heteroatoms. The fourth-order valence-corrected chi connectivity index (χ4v) is 11.8. The lowest BCUT2D eigenvalue weighted by Gasteiger charge is -2.56. The van der Waals surface area contributed by atoms with Gasteiger partial charge in [-0.1, -0.05) is 24.3 Å². The smallest absolute Gasteiger partial charge is 0.229 e. The summed E-state index contributed by atoms with van der Waals surface area (Å²) >= 11 is 0. The molecule has 2 amide bonds. The van der Waals surface area contributed by atoms with Crippen molar-refractivity contribution in [1.29, 1.82) is 0 Å². The van der Waals surface area contributed by atoms with Crippen molar-refractivity contribution in [3.63, 3.8) is 0 Å². The molecule has 0 unspecified atom stereocenters. The van der Waals surface area contributed by atoms with Gasteiger partial charge < -0.3 is 20.4 Å². The van der Waals surface area contributed by atoms with E-state index in [9.17, 15) is 18.4 Å². The molecule has 0 atom stereocenters. The first kappa shape index (κ1) is 41.0. The lowest BCUT2D eigenvalue weighted by molar-refractivity contribution is -0.153. The molecule has 0 spiro atoms. The van der Waals surface area contributed by atoms with Crippen molar-refractivity contribution >= 4 is 11.8 Å². The molecule has 10 nitrogen and oxygen atoms in total. The zero-order valence-electron chi connectivity index (χ0n) is 36.0. The summed E-state index contributed by atoms with van der Waals surface area (Å²) in [5, 5.41) is 9.51. The quantitative estimate of drug-likeness (QED) is 0.211. The Morgan fingerprint density at radius 2 is 0.983 bits per heavy atom. The number of nitrogens with zero attached hydrogens (tertiary/aromatic N) is 7. The number of carbonyl (C=O) groups is 2. The molecule has 4 bridgehead atoms. The molecule has 4 aromatic rings. The van der Waals surface area contributed by atoms with Gasteiger partial charge in [-0.15, -0.1) is 0 Å². The standard InChI is InChI=1S/C25H33FN4O.C23H29FN4O/c1-18-21-8-15-29(17-22(21)30(27-18)16-19-4-6-20(26)7-5-19)23(31)24-9-12-25(13-10-24,14-11-24)28(2)3;1-16-19-6-13-27(21(29)22-7-10-23(25,11-8-22)12-9-22)15-20(19)28(26-16)14-17-2-4-18(24)5-3-17/h4-7H,8-17H2,1-3H3;2-5H,6-15,25H2,1H3. The highest BCUT2D eigenvalue weighted by atomic mass is 19.1. The molecule has 6 fully saturated rings. The van der Waals surface area contributed by atoms with Crippen molar-refractivity contribution in [3.8, 4) is 0 Å². The first-order valence-corrected chi connectivity index (χ1v) is 22.3. The molecule has 0 radical (unpaired) electrons. The molecule has 320 valence electrons. The SMILES string of the molecule is Cc1nn(Cc2ccc(F)cc2)c2c1CCN(C(=O)C13CCC(N(C)C)(CC1)CC3)C2.Cc1nn(Cc2ccc(F)cc2)c2c1CCN(C(=O)C13CCC(N)(CC1)CC3)C2. The highest BCUT2D eigenvalue weighted by Crippen LogP contribution is 2.55. The number of nitrogens with two attached hydrogens (primary N) is 1. The predicted molar refractivity (Wildman–Crippen MR) is 227 cm³/mol. The average molecular weight is 821 g/mol. The van der Waals surface area contributed by atoms with Crippen LogP contribution in [0.15, 0.2) is 48.5 Å². The Morgan fingerprint density at radius 3 is 1.35 bits per heavy atom. The molecule has 2 aromatic carbocycles. The predicted octanol–water partition coefficient (Wildman–Crippen LogP) is 7.23. The average Bonchev–Trinajstić information content (AvgIpc) is 3.76. The number of hydrogen-bond acceptors (Lipinski definition) is 6. The van der Waals surface area contributed by atoms with Crippen LogP contribution < -0.4 is 5.73 Å².